The number of aliphatic hydroxyl groups excluding tert-OH is 1. The molecule has 1 amide bonds. The van der Waals surface area contributed by atoms with Gasteiger partial charge in [0.2, 0.25) is 6.10 Å². The van der Waals surface area contributed by atoms with Crippen molar-refractivity contribution in [1.82, 2.24) is 0 Å². The standard InChI is InChI=1S/C17H17NO4/c1-2-21-14-9-11(10-19)8-13-16(14)22-15(17(20)18-13)12-6-4-3-5-7-12/h3-9,15,19H,2,10H2,1H3,(H,18,20). The fourth-order valence-corrected chi connectivity index (χ4v) is 2.44. The molecule has 2 aromatic carbocycles. The summed E-state index contributed by atoms with van der Waals surface area (Å²) in [5.41, 5.74) is 1.95. The van der Waals surface area contributed by atoms with Crippen LogP contribution in [0.1, 0.15) is 24.2 Å². The molecule has 0 fully saturated rings. The van der Waals surface area contributed by atoms with Crippen LogP contribution in [-0.2, 0) is 11.4 Å². The maximum atomic E-state index is 12.3. The second-order valence-electron chi connectivity index (χ2n) is 4.96. The zero-order chi connectivity index (χ0) is 15.5. The largest absolute Gasteiger partial charge is 0.490 e. The minimum Gasteiger partial charge on any atom is -0.490 e. The Bertz CT molecular complexity index is 685. The van der Waals surface area contributed by atoms with Crippen molar-refractivity contribution in [3.63, 3.8) is 0 Å². The van der Waals surface area contributed by atoms with Gasteiger partial charge in [0.1, 0.15) is 0 Å². The monoisotopic (exact) mass is 299 g/mol. The van der Waals surface area contributed by atoms with Crippen LogP contribution in [0.2, 0.25) is 0 Å². The number of nitrogens with one attached hydrogen (secondary N) is 1. The van der Waals surface area contributed by atoms with E-state index in [4.69, 9.17) is 9.47 Å². The SMILES string of the molecule is CCOc1cc(CO)cc2c1OC(c1ccccc1)C(=O)N2. The van der Waals surface area contributed by atoms with Crippen LogP contribution < -0.4 is 14.8 Å². The summed E-state index contributed by atoms with van der Waals surface area (Å²) in [5, 5.41) is 12.1. The van der Waals surface area contributed by atoms with Gasteiger partial charge in [-0.3, -0.25) is 4.79 Å². The third-order valence-electron chi connectivity index (χ3n) is 3.43. The molecule has 0 saturated carbocycles. The Labute approximate surface area is 128 Å². The topological polar surface area (TPSA) is 67.8 Å². The van der Waals surface area contributed by atoms with Gasteiger partial charge in [-0.1, -0.05) is 30.3 Å². The Morgan fingerprint density at radius 3 is 2.73 bits per heavy atom. The number of fused-ring (bicyclic) bond motifs is 1. The number of anilines is 1. The third kappa shape index (κ3) is 2.63. The van der Waals surface area contributed by atoms with Crippen molar-refractivity contribution in [1.29, 1.82) is 0 Å². The molecule has 0 saturated heterocycles. The second kappa shape index (κ2) is 6.07. The molecule has 0 aromatic heterocycles. The van der Waals surface area contributed by atoms with Crippen molar-refractivity contribution in [2.24, 2.45) is 0 Å². The molecular formula is C17H17NO4. The van der Waals surface area contributed by atoms with E-state index in [9.17, 15) is 9.90 Å². The lowest BCUT2D eigenvalue weighted by molar-refractivity contribution is -0.123. The van der Waals surface area contributed by atoms with Gasteiger partial charge in [-0.05, 0) is 24.6 Å². The smallest absolute Gasteiger partial charge is 0.270 e. The molecule has 2 N–H and O–H groups in total. The van der Waals surface area contributed by atoms with E-state index in [0.717, 1.165) is 5.56 Å². The Morgan fingerprint density at radius 1 is 1.27 bits per heavy atom. The van der Waals surface area contributed by atoms with E-state index in [2.05, 4.69) is 5.32 Å². The Balaban J connectivity index is 2.01. The van der Waals surface area contributed by atoms with Crippen molar-refractivity contribution < 1.29 is 19.4 Å². The Kier molecular flexibility index (Phi) is 3.98. The van der Waals surface area contributed by atoms with E-state index in [-0.39, 0.29) is 12.5 Å². The molecule has 1 heterocycles. The van der Waals surface area contributed by atoms with E-state index in [0.29, 0.717) is 29.4 Å². The molecule has 1 unspecified atom stereocenters. The van der Waals surface area contributed by atoms with Crippen molar-refractivity contribution in [2.45, 2.75) is 19.6 Å². The molecule has 114 valence electrons. The molecule has 0 spiro atoms. The Morgan fingerprint density at radius 2 is 2.05 bits per heavy atom. The van der Waals surface area contributed by atoms with Crippen molar-refractivity contribution >= 4 is 11.6 Å². The van der Waals surface area contributed by atoms with Crippen LogP contribution in [-0.4, -0.2) is 17.6 Å². The normalized spacial score (nSPS) is 16.5. The minimum absolute atomic E-state index is 0.134. The zero-order valence-electron chi connectivity index (χ0n) is 12.2. The second-order valence-corrected chi connectivity index (χ2v) is 4.96. The van der Waals surface area contributed by atoms with Gasteiger partial charge in [0.05, 0.1) is 18.9 Å². The summed E-state index contributed by atoms with van der Waals surface area (Å²) in [4.78, 5) is 12.3. The summed E-state index contributed by atoms with van der Waals surface area (Å²) in [7, 11) is 0. The van der Waals surface area contributed by atoms with Gasteiger partial charge in [0, 0.05) is 5.56 Å². The summed E-state index contributed by atoms with van der Waals surface area (Å²) >= 11 is 0. The summed E-state index contributed by atoms with van der Waals surface area (Å²) in [6.45, 7) is 2.20. The first kappa shape index (κ1) is 14.4. The van der Waals surface area contributed by atoms with Crippen molar-refractivity contribution in [3.8, 4) is 11.5 Å². The third-order valence-corrected chi connectivity index (χ3v) is 3.43. The number of hydrogen-bond acceptors (Lipinski definition) is 4. The van der Waals surface area contributed by atoms with E-state index >= 15 is 0 Å². The van der Waals surface area contributed by atoms with Crippen LogP contribution in [0.3, 0.4) is 0 Å². The van der Waals surface area contributed by atoms with Crippen molar-refractivity contribution in [2.75, 3.05) is 11.9 Å². The molecule has 5 nitrogen and oxygen atoms in total. The van der Waals surface area contributed by atoms with Gasteiger partial charge in [-0.25, -0.2) is 0 Å². The van der Waals surface area contributed by atoms with E-state index in [1.54, 1.807) is 12.1 Å². The molecule has 3 rings (SSSR count). The quantitative estimate of drug-likeness (QED) is 0.910. The van der Waals surface area contributed by atoms with Crippen LogP contribution in [0, 0.1) is 0 Å². The maximum absolute atomic E-state index is 12.3. The molecule has 2 aromatic rings. The number of carbonyl (C=O) groups is 1. The van der Waals surface area contributed by atoms with Gasteiger partial charge in [0.15, 0.2) is 11.5 Å². The van der Waals surface area contributed by atoms with Crippen LogP contribution >= 0.6 is 0 Å². The average Bonchev–Trinajstić information content (AvgIpc) is 2.55. The zero-order valence-corrected chi connectivity index (χ0v) is 12.2. The predicted octanol–water partition coefficient (Wildman–Crippen LogP) is 2.65. The van der Waals surface area contributed by atoms with Crippen molar-refractivity contribution in [3.05, 3.63) is 53.6 Å². The van der Waals surface area contributed by atoms with Crippen LogP contribution in [0.15, 0.2) is 42.5 Å². The number of aliphatic hydroxyl groups is 1. The lowest BCUT2D eigenvalue weighted by atomic mass is 10.1. The molecular weight excluding hydrogens is 282 g/mol. The highest BCUT2D eigenvalue weighted by atomic mass is 16.5. The number of carbonyl (C=O) groups excluding carboxylic acids is 1. The molecule has 5 heteroatoms. The lowest BCUT2D eigenvalue weighted by Gasteiger charge is -2.28. The molecule has 1 atom stereocenters. The first-order valence-electron chi connectivity index (χ1n) is 7.16. The maximum Gasteiger partial charge on any atom is 0.270 e. The molecule has 0 aliphatic carbocycles. The molecule has 22 heavy (non-hydrogen) atoms. The molecule has 1 aliphatic rings. The van der Waals surface area contributed by atoms with E-state index in [1.165, 1.54) is 0 Å². The molecule has 0 radical (unpaired) electrons. The van der Waals surface area contributed by atoms with Gasteiger partial charge in [0.25, 0.3) is 5.91 Å². The lowest BCUT2D eigenvalue weighted by Crippen LogP contribution is -2.30. The molecule has 1 aliphatic heterocycles. The van der Waals surface area contributed by atoms with E-state index in [1.807, 2.05) is 37.3 Å². The first-order valence-corrected chi connectivity index (χ1v) is 7.16. The van der Waals surface area contributed by atoms with E-state index < -0.39 is 6.10 Å². The van der Waals surface area contributed by atoms with Gasteiger partial charge in [-0.2, -0.15) is 0 Å². The number of ether oxygens (including phenoxy) is 2. The van der Waals surface area contributed by atoms with Crippen LogP contribution in [0.25, 0.3) is 0 Å². The van der Waals surface area contributed by atoms with Gasteiger partial charge in [-0.15, -0.1) is 0 Å². The molecule has 0 bridgehead atoms. The minimum atomic E-state index is -0.715. The summed E-state index contributed by atoms with van der Waals surface area (Å²) in [6.07, 6.45) is -0.715. The number of amides is 1. The predicted molar refractivity (Wildman–Crippen MR) is 82.0 cm³/mol. The highest BCUT2D eigenvalue weighted by Gasteiger charge is 2.31. The fourth-order valence-electron chi connectivity index (χ4n) is 2.44. The highest BCUT2D eigenvalue weighted by molar-refractivity contribution is 5.99. The number of rotatable bonds is 4. The summed E-state index contributed by atoms with van der Waals surface area (Å²) in [6, 6.07) is 12.7. The van der Waals surface area contributed by atoms with Crippen LogP contribution in [0.4, 0.5) is 5.69 Å². The van der Waals surface area contributed by atoms with Gasteiger partial charge < -0.3 is 19.9 Å². The summed E-state index contributed by atoms with van der Waals surface area (Å²) < 4.78 is 11.5. The Hall–Kier alpha value is -2.53. The highest BCUT2D eigenvalue weighted by Crippen LogP contribution is 2.43. The van der Waals surface area contributed by atoms with Crippen LogP contribution in [0.5, 0.6) is 11.5 Å². The summed E-state index contributed by atoms with van der Waals surface area (Å²) in [5.74, 6) is 0.772. The van der Waals surface area contributed by atoms with Gasteiger partial charge >= 0.3 is 0 Å². The average molecular weight is 299 g/mol. The number of benzene rings is 2. The fraction of sp³-hybridized carbons (Fsp3) is 0.235. The first-order chi connectivity index (χ1) is 10.7. The number of hydrogen-bond donors (Lipinski definition) is 2.